The summed E-state index contributed by atoms with van der Waals surface area (Å²) < 4.78 is 70.6. The second-order valence-electron chi connectivity index (χ2n) is 7.33. The molecule has 0 aliphatic carbocycles. The number of esters is 3. The molecule has 4 heterocycles. The van der Waals surface area contributed by atoms with Gasteiger partial charge in [-0.3, -0.25) is 19.1 Å². The van der Waals surface area contributed by atoms with E-state index in [2.05, 4.69) is 24.2 Å². The van der Waals surface area contributed by atoms with E-state index in [1.165, 1.54) is 0 Å². The lowest BCUT2D eigenvalue weighted by molar-refractivity contribution is -0.378. The monoisotopic (exact) mass is 624 g/mol. The maximum Gasteiger partial charge on any atom is 0.347 e. The number of aromatic amines is 1. The van der Waals surface area contributed by atoms with Crippen LogP contribution in [0.5, 0.6) is 0 Å². The van der Waals surface area contributed by atoms with Gasteiger partial charge in [-0.05, 0) is 12.1 Å². The zero-order chi connectivity index (χ0) is 31.3. The molecule has 0 spiro atoms. The normalized spacial score (nSPS) is 17.1. The molecule has 0 amide bonds. The molecule has 17 nitrogen and oxygen atoms in total. The first kappa shape index (κ1) is 37.0. The van der Waals surface area contributed by atoms with Crippen molar-refractivity contribution >= 4 is 44.1 Å². The standard InChI is InChI=1S/C6H8O7S.2C5H5N.C4H6O3.C2H4O5S/c7-5(3-14(9,10)11)13-4-1-2-12-6(4)8;2*1-2-4-6-5-3-1;5-3-1-2-7-4(3)6;3-2(4)1-8(5,6)7/h4H,1-3H2,(H,9,10,11);2*1-5H;3,5H,1-2H2;1H2,(H,3,4)(H,5,6,7). The average Bonchev–Trinajstić information content (AvgIpc) is 3.46. The van der Waals surface area contributed by atoms with Gasteiger partial charge in [-0.25, -0.2) is 23.0 Å². The van der Waals surface area contributed by atoms with E-state index in [1.54, 1.807) is 12.4 Å². The first-order valence-electron chi connectivity index (χ1n) is 11.2. The lowest BCUT2D eigenvalue weighted by atomic mass is 10.3. The van der Waals surface area contributed by atoms with Gasteiger partial charge < -0.3 is 29.0 Å². The Bertz CT molecular complexity index is 1190. The minimum atomic E-state index is -4.66. The second kappa shape index (κ2) is 19.9. The van der Waals surface area contributed by atoms with Gasteiger partial charge in [-0.1, -0.05) is 12.1 Å². The number of carbonyl (C=O) groups is 4. The van der Waals surface area contributed by atoms with Gasteiger partial charge in [0.2, 0.25) is 6.10 Å². The zero-order valence-electron chi connectivity index (χ0n) is 21.2. The van der Waals surface area contributed by atoms with Crippen molar-refractivity contribution in [3.63, 3.8) is 0 Å². The van der Waals surface area contributed by atoms with Crippen molar-refractivity contribution in [2.75, 3.05) is 24.7 Å². The molecule has 2 unspecified atom stereocenters. The largest absolute Gasteiger partial charge is 0.748 e. The van der Waals surface area contributed by atoms with Crippen molar-refractivity contribution in [3.05, 3.63) is 61.2 Å². The Kier molecular flexibility index (Phi) is 18.0. The van der Waals surface area contributed by atoms with Crippen molar-refractivity contribution < 1.29 is 74.5 Å². The fourth-order valence-corrected chi connectivity index (χ4v) is 2.89. The minimum Gasteiger partial charge on any atom is -0.748 e. The Morgan fingerprint density at radius 2 is 1.46 bits per heavy atom. The third-order valence-corrected chi connectivity index (χ3v) is 5.04. The van der Waals surface area contributed by atoms with E-state index in [0.717, 1.165) is 0 Å². The van der Waals surface area contributed by atoms with Crippen molar-refractivity contribution in [1.82, 2.24) is 4.98 Å². The number of rotatable bonds is 5. The number of cyclic esters (lactones) is 2. The molecule has 2 atom stereocenters. The number of H-pyrrole nitrogens is 1. The summed E-state index contributed by atoms with van der Waals surface area (Å²) in [6, 6.07) is 11.6. The highest BCUT2D eigenvalue weighted by Gasteiger charge is 2.30. The molecule has 0 aromatic carbocycles. The number of pyridine rings is 2. The molecule has 41 heavy (non-hydrogen) atoms. The number of nitrogens with zero attached hydrogens (tertiary/aromatic N) is 1. The number of carboxylic acids is 1. The molecule has 2 aromatic heterocycles. The lowest BCUT2D eigenvalue weighted by Gasteiger charge is -2.09. The van der Waals surface area contributed by atoms with Crippen LogP contribution in [0.3, 0.4) is 0 Å². The molecule has 2 saturated heterocycles. The number of carbonyl (C=O) groups excluding carboxylic acids is 3. The minimum absolute atomic E-state index is 0.126. The van der Waals surface area contributed by atoms with Crippen LogP contribution in [0.4, 0.5) is 0 Å². The number of aliphatic carboxylic acids is 1. The van der Waals surface area contributed by atoms with E-state index in [-0.39, 0.29) is 13.0 Å². The molecule has 0 radical (unpaired) electrons. The molecule has 4 rings (SSSR count). The van der Waals surface area contributed by atoms with E-state index < -0.39 is 67.8 Å². The van der Waals surface area contributed by atoms with Crippen molar-refractivity contribution in [2.24, 2.45) is 0 Å². The molecule has 19 heteroatoms. The SMILES string of the molecule is O=C(CS(=O)(=O)[O-])OC1CCOC1=O.O=C(O)CS(=O)(=O)O.O=C1OCCC1O.c1cc[nH+]cc1.c1ccncc1. The summed E-state index contributed by atoms with van der Waals surface area (Å²) in [4.78, 5) is 47.8. The van der Waals surface area contributed by atoms with Crippen molar-refractivity contribution in [2.45, 2.75) is 25.0 Å². The summed E-state index contributed by atoms with van der Waals surface area (Å²) in [5.41, 5.74) is 0. The summed E-state index contributed by atoms with van der Waals surface area (Å²) in [5.74, 6) is -6.50. The van der Waals surface area contributed by atoms with Crippen LogP contribution >= 0.6 is 0 Å². The Labute approximate surface area is 234 Å². The topological polar surface area (TPSA) is 275 Å². The van der Waals surface area contributed by atoms with Crippen LogP contribution in [-0.2, 0) is 53.6 Å². The molecule has 4 N–H and O–H groups in total. The average molecular weight is 625 g/mol. The van der Waals surface area contributed by atoms with E-state index in [4.69, 9.17) is 14.8 Å². The molecule has 2 fully saturated rings. The number of nitrogens with one attached hydrogen (secondary N) is 1. The predicted molar refractivity (Wildman–Crippen MR) is 133 cm³/mol. The Hall–Kier alpha value is -4.04. The van der Waals surface area contributed by atoms with Crippen LogP contribution < -0.4 is 4.98 Å². The lowest BCUT2D eigenvalue weighted by Crippen LogP contribution is -2.27. The maximum atomic E-state index is 10.8. The number of ether oxygens (including phenoxy) is 3. The number of carboxylic acid groups (broad SMARTS) is 1. The van der Waals surface area contributed by atoms with Crippen LogP contribution in [0, 0.1) is 0 Å². The third-order valence-electron chi connectivity index (χ3n) is 3.84. The Balaban J connectivity index is 0.000000512. The molecule has 0 bridgehead atoms. The molecule has 2 aliphatic heterocycles. The first-order chi connectivity index (χ1) is 19.1. The summed E-state index contributed by atoms with van der Waals surface area (Å²) in [7, 11) is -8.98. The maximum absolute atomic E-state index is 10.8. The van der Waals surface area contributed by atoms with Gasteiger partial charge in [0, 0.05) is 37.4 Å². The number of aliphatic hydroxyl groups is 1. The Morgan fingerprint density at radius 3 is 1.68 bits per heavy atom. The highest BCUT2D eigenvalue weighted by Crippen LogP contribution is 2.10. The number of aromatic nitrogens is 2. The highest BCUT2D eigenvalue weighted by molar-refractivity contribution is 7.86. The van der Waals surface area contributed by atoms with Crippen LogP contribution in [0.1, 0.15) is 12.8 Å². The van der Waals surface area contributed by atoms with Gasteiger partial charge in [-0.15, -0.1) is 0 Å². The summed E-state index contributed by atoms with van der Waals surface area (Å²) in [6.45, 7) is 0.501. The molecule has 0 saturated carbocycles. The van der Waals surface area contributed by atoms with E-state index >= 15 is 0 Å². The smallest absolute Gasteiger partial charge is 0.347 e. The Morgan fingerprint density at radius 1 is 0.927 bits per heavy atom. The molecule has 2 aliphatic rings. The van der Waals surface area contributed by atoms with Crippen LogP contribution in [-0.4, -0.2) is 102 Å². The van der Waals surface area contributed by atoms with Crippen molar-refractivity contribution in [1.29, 1.82) is 0 Å². The first-order valence-corrected chi connectivity index (χ1v) is 14.4. The van der Waals surface area contributed by atoms with Crippen LogP contribution in [0.25, 0.3) is 0 Å². The van der Waals surface area contributed by atoms with Gasteiger partial charge in [-0.2, -0.15) is 8.42 Å². The van der Waals surface area contributed by atoms with Crippen molar-refractivity contribution in [3.8, 4) is 0 Å². The number of hydrogen-bond acceptors (Lipinski definition) is 14. The van der Waals surface area contributed by atoms with Crippen LogP contribution in [0.2, 0.25) is 0 Å². The quantitative estimate of drug-likeness (QED) is 0.188. The highest BCUT2D eigenvalue weighted by atomic mass is 32.2. The van der Waals surface area contributed by atoms with Gasteiger partial charge in [0.1, 0.15) is 15.9 Å². The fourth-order valence-electron chi connectivity index (χ4n) is 2.22. The number of aliphatic hydroxyl groups excluding tert-OH is 1. The van der Waals surface area contributed by atoms with E-state index in [9.17, 15) is 40.6 Å². The van der Waals surface area contributed by atoms with Crippen LogP contribution in [0.15, 0.2) is 61.2 Å². The molecule has 2 aromatic rings. The fraction of sp³-hybridized carbons (Fsp3) is 0.364. The summed E-state index contributed by atoms with van der Waals surface area (Å²) >= 11 is 0. The van der Waals surface area contributed by atoms with Gasteiger partial charge in [0.25, 0.3) is 10.1 Å². The third kappa shape index (κ3) is 23.6. The molecular formula is C22H28N2O15S2. The second-order valence-corrected chi connectivity index (χ2v) is 10.2. The van der Waals surface area contributed by atoms with Gasteiger partial charge in [0.15, 0.2) is 24.3 Å². The molecule has 228 valence electrons. The van der Waals surface area contributed by atoms with Gasteiger partial charge >= 0.3 is 23.9 Å². The predicted octanol–water partition coefficient (Wildman–Crippen LogP) is -1.77. The van der Waals surface area contributed by atoms with Gasteiger partial charge in [0.05, 0.1) is 13.2 Å². The van der Waals surface area contributed by atoms with E-state index in [1.807, 2.05) is 48.8 Å². The number of hydrogen-bond donors (Lipinski definition) is 3. The summed E-state index contributed by atoms with van der Waals surface area (Å²) in [5, 5.41) is 16.2. The summed E-state index contributed by atoms with van der Waals surface area (Å²) in [6.07, 6.45) is 5.96. The molecular weight excluding hydrogens is 596 g/mol. The van der Waals surface area contributed by atoms with E-state index in [0.29, 0.717) is 13.0 Å². The zero-order valence-corrected chi connectivity index (χ0v) is 22.8.